The first kappa shape index (κ1) is 15.3. The van der Waals surface area contributed by atoms with Gasteiger partial charge >= 0.3 is 0 Å². The van der Waals surface area contributed by atoms with E-state index < -0.39 is 11.7 Å². The highest BCUT2D eigenvalue weighted by atomic mass is 35.5. The second-order valence-corrected chi connectivity index (χ2v) is 5.11. The molecular weight excluding hydrogens is 323 g/mol. The summed E-state index contributed by atoms with van der Waals surface area (Å²) in [5, 5.41) is 4.20. The lowest BCUT2D eigenvalue weighted by atomic mass is 10.2. The van der Waals surface area contributed by atoms with Crippen molar-refractivity contribution in [3.63, 3.8) is 0 Å². The van der Waals surface area contributed by atoms with Gasteiger partial charge in [-0.25, -0.2) is 9.82 Å². The number of carbonyl (C=O) groups excluding carboxylic acids is 1. The van der Waals surface area contributed by atoms with Crippen LogP contribution >= 0.6 is 11.6 Å². The number of benzene rings is 2. The topological polar surface area (TPSA) is 59.9 Å². The molecule has 1 aliphatic heterocycles. The summed E-state index contributed by atoms with van der Waals surface area (Å²) in [5.74, 6) is -0.235. The molecule has 0 saturated heterocycles. The molecule has 1 heterocycles. The molecule has 1 N–H and O–H groups in total. The van der Waals surface area contributed by atoms with Crippen molar-refractivity contribution < 1.29 is 18.7 Å². The van der Waals surface area contributed by atoms with Crippen molar-refractivity contribution in [2.45, 2.75) is 0 Å². The highest BCUT2D eigenvalue weighted by molar-refractivity contribution is 6.32. The number of amides is 1. The predicted molar refractivity (Wildman–Crippen MR) is 83.9 cm³/mol. The Morgan fingerprint density at radius 2 is 2.04 bits per heavy atom. The SMILES string of the molecule is O=C(N/N=C\c1cc(Cl)c2c(c1)OCCO2)c1ccccc1F. The zero-order chi connectivity index (χ0) is 16.2. The van der Waals surface area contributed by atoms with E-state index in [-0.39, 0.29) is 5.56 Å². The van der Waals surface area contributed by atoms with Crippen LogP contribution in [0.25, 0.3) is 0 Å². The number of nitrogens with zero attached hydrogens (tertiary/aromatic N) is 1. The highest BCUT2D eigenvalue weighted by Gasteiger charge is 2.16. The molecule has 1 amide bonds. The average molecular weight is 335 g/mol. The van der Waals surface area contributed by atoms with E-state index >= 15 is 0 Å². The second kappa shape index (κ2) is 6.66. The van der Waals surface area contributed by atoms with Crippen molar-refractivity contribution in [2.24, 2.45) is 5.10 Å². The molecule has 118 valence electrons. The van der Waals surface area contributed by atoms with E-state index in [4.69, 9.17) is 21.1 Å². The zero-order valence-electron chi connectivity index (χ0n) is 11.9. The van der Waals surface area contributed by atoms with E-state index in [9.17, 15) is 9.18 Å². The maximum Gasteiger partial charge on any atom is 0.274 e. The van der Waals surface area contributed by atoms with Crippen molar-refractivity contribution in [3.05, 3.63) is 58.4 Å². The zero-order valence-corrected chi connectivity index (χ0v) is 12.6. The molecule has 0 aliphatic carbocycles. The van der Waals surface area contributed by atoms with E-state index in [0.717, 1.165) is 0 Å². The lowest BCUT2D eigenvalue weighted by molar-refractivity contribution is 0.0951. The van der Waals surface area contributed by atoms with Crippen molar-refractivity contribution in [3.8, 4) is 11.5 Å². The minimum atomic E-state index is -0.636. The van der Waals surface area contributed by atoms with E-state index in [2.05, 4.69) is 10.5 Å². The second-order valence-electron chi connectivity index (χ2n) is 4.71. The van der Waals surface area contributed by atoms with Gasteiger partial charge in [0.1, 0.15) is 19.0 Å². The summed E-state index contributed by atoms with van der Waals surface area (Å²) in [7, 11) is 0. The molecule has 2 aromatic rings. The number of hydrazone groups is 1. The van der Waals surface area contributed by atoms with Crippen LogP contribution < -0.4 is 14.9 Å². The van der Waals surface area contributed by atoms with Crippen LogP contribution in [0.2, 0.25) is 5.02 Å². The number of hydrogen-bond donors (Lipinski definition) is 1. The Labute approximate surface area is 136 Å². The van der Waals surface area contributed by atoms with Gasteiger partial charge in [0.05, 0.1) is 16.8 Å². The Bertz CT molecular complexity index is 780. The first-order chi connectivity index (χ1) is 11.1. The first-order valence-corrected chi connectivity index (χ1v) is 7.20. The highest BCUT2D eigenvalue weighted by Crippen LogP contribution is 2.37. The van der Waals surface area contributed by atoms with Gasteiger partial charge in [0.2, 0.25) is 0 Å². The van der Waals surface area contributed by atoms with Gasteiger partial charge in [-0.05, 0) is 29.8 Å². The van der Waals surface area contributed by atoms with Crippen LogP contribution in [0.3, 0.4) is 0 Å². The maximum absolute atomic E-state index is 13.5. The molecule has 3 rings (SSSR count). The molecule has 5 nitrogen and oxygen atoms in total. The molecular formula is C16H12ClFN2O3. The van der Waals surface area contributed by atoms with Crippen molar-refractivity contribution in [1.29, 1.82) is 0 Å². The molecule has 0 spiro atoms. The van der Waals surface area contributed by atoms with Gasteiger partial charge in [-0.3, -0.25) is 4.79 Å². The first-order valence-electron chi connectivity index (χ1n) is 6.82. The smallest absolute Gasteiger partial charge is 0.274 e. The fourth-order valence-electron chi connectivity index (χ4n) is 2.08. The number of halogens is 2. The summed E-state index contributed by atoms with van der Waals surface area (Å²) in [6, 6.07) is 8.99. The molecule has 0 radical (unpaired) electrons. The predicted octanol–water partition coefficient (Wildman–Crippen LogP) is 3.01. The average Bonchev–Trinajstić information content (AvgIpc) is 2.55. The fraction of sp³-hybridized carbons (Fsp3) is 0.125. The minimum Gasteiger partial charge on any atom is -0.486 e. The Balaban J connectivity index is 1.72. The Hall–Kier alpha value is -2.60. The number of carbonyl (C=O) groups is 1. The minimum absolute atomic E-state index is 0.0788. The summed E-state index contributed by atoms with van der Waals surface area (Å²) in [6.07, 6.45) is 1.39. The normalized spacial score (nSPS) is 13.1. The lowest BCUT2D eigenvalue weighted by Gasteiger charge is -2.19. The molecule has 7 heteroatoms. The van der Waals surface area contributed by atoms with Crippen LogP contribution in [0, 0.1) is 5.82 Å². The number of hydrogen-bond acceptors (Lipinski definition) is 4. The van der Waals surface area contributed by atoms with E-state index in [1.807, 2.05) is 0 Å². The molecule has 0 atom stereocenters. The van der Waals surface area contributed by atoms with Gasteiger partial charge in [0, 0.05) is 0 Å². The lowest BCUT2D eigenvalue weighted by Crippen LogP contribution is -2.19. The molecule has 2 aromatic carbocycles. The van der Waals surface area contributed by atoms with Gasteiger partial charge in [-0.1, -0.05) is 23.7 Å². The van der Waals surface area contributed by atoms with Crippen LogP contribution in [0.1, 0.15) is 15.9 Å². The largest absolute Gasteiger partial charge is 0.486 e. The van der Waals surface area contributed by atoms with Crippen LogP contribution in [0.5, 0.6) is 11.5 Å². The third kappa shape index (κ3) is 3.43. The van der Waals surface area contributed by atoms with Crippen molar-refractivity contribution >= 4 is 23.7 Å². The van der Waals surface area contributed by atoms with E-state index in [1.54, 1.807) is 18.2 Å². The number of ether oxygens (including phenoxy) is 2. The maximum atomic E-state index is 13.5. The number of fused-ring (bicyclic) bond motifs is 1. The molecule has 1 aliphatic rings. The molecule has 0 unspecified atom stereocenters. The van der Waals surface area contributed by atoms with E-state index in [0.29, 0.717) is 35.3 Å². The molecule has 0 aromatic heterocycles. The van der Waals surface area contributed by atoms with Gasteiger partial charge < -0.3 is 9.47 Å². The monoisotopic (exact) mass is 334 g/mol. The summed E-state index contributed by atoms with van der Waals surface area (Å²) < 4.78 is 24.3. The van der Waals surface area contributed by atoms with Gasteiger partial charge in [0.15, 0.2) is 11.5 Å². The van der Waals surface area contributed by atoms with Crippen LogP contribution in [-0.4, -0.2) is 25.3 Å². The summed E-state index contributed by atoms with van der Waals surface area (Å²) in [6.45, 7) is 0.882. The van der Waals surface area contributed by atoms with Crippen LogP contribution in [-0.2, 0) is 0 Å². The molecule has 0 saturated carbocycles. The van der Waals surface area contributed by atoms with Crippen molar-refractivity contribution in [2.75, 3.05) is 13.2 Å². The van der Waals surface area contributed by atoms with Gasteiger partial charge in [-0.2, -0.15) is 5.10 Å². The standard InChI is InChI=1S/C16H12ClFN2O3/c17-12-7-10(8-14-15(12)23-6-5-22-14)9-19-20-16(21)11-3-1-2-4-13(11)18/h1-4,7-9H,5-6H2,(H,20,21)/b19-9-. The van der Waals surface area contributed by atoms with Crippen molar-refractivity contribution in [1.82, 2.24) is 5.43 Å². The molecule has 0 fully saturated rings. The fourth-order valence-corrected chi connectivity index (χ4v) is 2.35. The van der Waals surface area contributed by atoms with Gasteiger partial charge in [0.25, 0.3) is 5.91 Å². The summed E-state index contributed by atoms with van der Waals surface area (Å²) in [5.41, 5.74) is 2.80. The number of rotatable bonds is 3. The Morgan fingerprint density at radius 3 is 2.87 bits per heavy atom. The third-order valence-corrected chi connectivity index (χ3v) is 3.40. The molecule has 23 heavy (non-hydrogen) atoms. The van der Waals surface area contributed by atoms with Gasteiger partial charge in [-0.15, -0.1) is 0 Å². The quantitative estimate of drug-likeness (QED) is 0.693. The van der Waals surface area contributed by atoms with Crippen LogP contribution in [0.4, 0.5) is 4.39 Å². The molecule has 0 bridgehead atoms. The third-order valence-electron chi connectivity index (χ3n) is 3.12. The summed E-state index contributed by atoms with van der Waals surface area (Å²) in [4.78, 5) is 11.8. The Morgan fingerprint density at radius 1 is 1.26 bits per heavy atom. The Kier molecular flexibility index (Phi) is 4.43. The summed E-state index contributed by atoms with van der Waals surface area (Å²) >= 11 is 6.10. The van der Waals surface area contributed by atoms with E-state index in [1.165, 1.54) is 24.4 Å². The number of nitrogens with one attached hydrogen (secondary N) is 1. The van der Waals surface area contributed by atoms with Crippen LogP contribution in [0.15, 0.2) is 41.5 Å².